The summed E-state index contributed by atoms with van der Waals surface area (Å²) in [5.41, 5.74) is 2.87. The van der Waals surface area contributed by atoms with E-state index in [1.165, 1.54) is 21.3 Å². The lowest BCUT2D eigenvalue weighted by Crippen LogP contribution is -2.46. The topological polar surface area (TPSA) is 75.8 Å². The summed E-state index contributed by atoms with van der Waals surface area (Å²) in [4.78, 5) is 17.3. The Morgan fingerprint density at radius 1 is 0.935 bits per heavy atom. The van der Waals surface area contributed by atoms with E-state index in [1.54, 1.807) is 7.11 Å². The molecule has 1 fully saturated rings. The van der Waals surface area contributed by atoms with Crippen molar-refractivity contribution in [3.63, 3.8) is 0 Å². The molecular weight excluding hydrogens is 394 g/mol. The van der Waals surface area contributed by atoms with E-state index < -0.39 is 6.10 Å². The zero-order valence-electron chi connectivity index (χ0n) is 18.0. The van der Waals surface area contributed by atoms with Crippen molar-refractivity contribution < 1.29 is 9.84 Å². The molecule has 0 radical (unpaired) electrons. The second-order valence-electron chi connectivity index (χ2n) is 7.72. The van der Waals surface area contributed by atoms with Crippen LogP contribution in [0.25, 0.3) is 5.69 Å². The largest absolute Gasteiger partial charge is 0.497 e. The minimum absolute atomic E-state index is 0.207. The minimum Gasteiger partial charge on any atom is -0.497 e. The van der Waals surface area contributed by atoms with Crippen LogP contribution in [0.2, 0.25) is 0 Å². The molecule has 1 N–H and O–H groups in total. The number of hydrogen-bond donors (Lipinski definition) is 1. The summed E-state index contributed by atoms with van der Waals surface area (Å²) in [7, 11) is 1.68. The van der Waals surface area contributed by atoms with E-state index in [1.807, 2.05) is 43.3 Å². The number of nitrogens with zero attached hydrogens (tertiary/aromatic N) is 5. The average molecular weight is 424 g/mol. The molecule has 1 aliphatic heterocycles. The van der Waals surface area contributed by atoms with Gasteiger partial charge in [0.05, 0.1) is 25.4 Å². The molecular formula is C23H29N5O3. The maximum Gasteiger partial charge on any atom is 0.350 e. The maximum atomic E-state index is 12.5. The fourth-order valence-corrected chi connectivity index (χ4v) is 3.81. The first kappa shape index (κ1) is 21.0. The number of hydrogen-bond acceptors (Lipinski definition) is 6. The third-order valence-corrected chi connectivity index (χ3v) is 5.80. The molecule has 164 valence electrons. The molecule has 2 aromatic carbocycles. The van der Waals surface area contributed by atoms with Crippen molar-refractivity contribution in [1.82, 2.24) is 14.3 Å². The normalized spacial score (nSPS) is 15.2. The van der Waals surface area contributed by atoms with Gasteiger partial charge in [0.2, 0.25) is 0 Å². The first-order chi connectivity index (χ1) is 15.1. The van der Waals surface area contributed by atoms with Crippen LogP contribution in [0.5, 0.6) is 5.75 Å². The van der Waals surface area contributed by atoms with Gasteiger partial charge in [-0.05, 0) is 55.0 Å². The highest BCUT2D eigenvalue weighted by atomic mass is 16.5. The number of aliphatic hydroxyl groups excluding tert-OH is 1. The number of rotatable bonds is 7. The zero-order valence-corrected chi connectivity index (χ0v) is 18.0. The molecule has 0 spiro atoms. The summed E-state index contributed by atoms with van der Waals surface area (Å²) < 4.78 is 8.05. The highest BCUT2D eigenvalue weighted by molar-refractivity contribution is 5.54. The minimum atomic E-state index is -0.569. The Labute approximate surface area is 181 Å². The van der Waals surface area contributed by atoms with Gasteiger partial charge < -0.3 is 19.6 Å². The van der Waals surface area contributed by atoms with Gasteiger partial charge in [0.25, 0.3) is 0 Å². The molecule has 31 heavy (non-hydrogen) atoms. The van der Waals surface area contributed by atoms with Gasteiger partial charge >= 0.3 is 5.69 Å². The van der Waals surface area contributed by atoms with Gasteiger partial charge in [-0.2, -0.15) is 5.10 Å². The molecule has 8 heteroatoms. The van der Waals surface area contributed by atoms with Gasteiger partial charge in [0.15, 0.2) is 0 Å². The van der Waals surface area contributed by atoms with Gasteiger partial charge in [0.1, 0.15) is 12.1 Å². The summed E-state index contributed by atoms with van der Waals surface area (Å²) >= 11 is 0. The third kappa shape index (κ3) is 4.59. The number of anilines is 2. The standard InChI is InChI=1S/C23H29N5O3/c1-3-21(29)16-28-23(30)27(17-24-28)20-6-4-18(5-7-20)25-12-14-26(15-13-25)19-8-10-22(31-2)11-9-19/h4-11,17,21,29H,3,12-16H2,1-2H3. The molecule has 8 nitrogen and oxygen atoms in total. The van der Waals surface area contributed by atoms with Crippen LogP contribution in [0.3, 0.4) is 0 Å². The summed E-state index contributed by atoms with van der Waals surface area (Å²) in [5, 5.41) is 13.9. The van der Waals surface area contributed by atoms with E-state index in [0.29, 0.717) is 6.42 Å². The number of methoxy groups -OCH3 is 1. The number of aromatic nitrogens is 3. The predicted molar refractivity (Wildman–Crippen MR) is 122 cm³/mol. The Bertz CT molecular complexity index is 1030. The summed E-state index contributed by atoms with van der Waals surface area (Å²) in [5.74, 6) is 0.869. The first-order valence-electron chi connectivity index (χ1n) is 10.7. The molecule has 0 saturated carbocycles. The molecule has 1 aliphatic rings. The summed E-state index contributed by atoms with van der Waals surface area (Å²) in [6.45, 7) is 5.83. The van der Waals surface area contributed by atoms with Crippen LogP contribution >= 0.6 is 0 Å². The number of piperazine rings is 1. The zero-order chi connectivity index (χ0) is 21.8. The Balaban J connectivity index is 1.39. The van der Waals surface area contributed by atoms with Crippen molar-refractivity contribution in [3.05, 3.63) is 65.3 Å². The van der Waals surface area contributed by atoms with Crippen molar-refractivity contribution >= 4 is 11.4 Å². The summed E-state index contributed by atoms with van der Waals surface area (Å²) in [6, 6.07) is 16.2. The van der Waals surface area contributed by atoms with E-state index in [4.69, 9.17) is 4.74 Å². The van der Waals surface area contributed by atoms with Crippen molar-refractivity contribution in [3.8, 4) is 11.4 Å². The van der Waals surface area contributed by atoms with E-state index >= 15 is 0 Å². The molecule has 1 saturated heterocycles. The highest BCUT2D eigenvalue weighted by Crippen LogP contribution is 2.23. The van der Waals surface area contributed by atoms with Crippen LogP contribution in [0.4, 0.5) is 11.4 Å². The molecule has 1 aromatic heterocycles. The van der Waals surface area contributed by atoms with Gasteiger partial charge in [-0.3, -0.25) is 0 Å². The van der Waals surface area contributed by atoms with Crippen molar-refractivity contribution in [2.75, 3.05) is 43.1 Å². The lowest BCUT2D eigenvalue weighted by Gasteiger charge is -2.37. The number of aliphatic hydroxyl groups is 1. The van der Waals surface area contributed by atoms with Crippen LogP contribution in [0.1, 0.15) is 13.3 Å². The Morgan fingerprint density at radius 3 is 1.97 bits per heavy atom. The molecule has 2 heterocycles. The second-order valence-corrected chi connectivity index (χ2v) is 7.72. The summed E-state index contributed by atoms with van der Waals surface area (Å²) in [6.07, 6.45) is 1.52. The quantitative estimate of drug-likeness (QED) is 0.628. The predicted octanol–water partition coefficient (Wildman–Crippen LogP) is 2.14. The lowest BCUT2D eigenvalue weighted by molar-refractivity contribution is 0.143. The van der Waals surface area contributed by atoms with Crippen LogP contribution < -0.4 is 20.2 Å². The van der Waals surface area contributed by atoms with E-state index in [2.05, 4.69) is 27.0 Å². The monoisotopic (exact) mass is 423 g/mol. The van der Waals surface area contributed by atoms with E-state index in [9.17, 15) is 9.90 Å². The number of ether oxygens (including phenoxy) is 1. The number of benzene rings is 2. The van der Waals surface area contributed by atoms with Gasteiger partial charge in [-0.1, -0.05) is 6.92 Å². The fourth-order valence-electron chi connectivity index (χ4n) is 3.81. The van der Waals surface area contributed by atoms with Crippen LogP contribution in [0, 0.1) is 0 Å². The van der Waals surface area contributed by atoms with E-state index in [0.717, 1.165) is 43.3 Å². The smallest absolute Gasteiger partial charge is 0.350 e. The van der Waals surface area contributed by atoms with Gasteiger partial charge in [-0.15, -0.1) is 0 Å². The molecule has 0 amide bonds. The molecule has 3 aromatic rings. The van der Waals surface area contributed by atoms with Crippen molar-refractivity contribution in [2.45, 2.75) is 26.0 Å². The maximum absolute atomic E-state index is 12.5. The average Bonchev–Trinajstić information content (AvgIpc) is 3.19. The van der Waals surface area contributed by atoms with Crippen LogP contribution in [-0.2, 0) is 6.54 Å². The molecule has 4 rings (SSSR count). The highest BCUT2D eigenvalue weighted by Gasteiger charge is 2.18. The first-order valence-corrected chi connectivity index (χ1v) is 10.7. The molecule has 1 unspecified atom stereocenters. The van der Waals surface area contributed by atoms with Gasteiger partial charge in [0, 0.05) is 37.6 Å². The fraction of sp³-hybridized carbons (Fsp3) is 0.391. The molecule has 0 aliphatic carbocycles. The Hall–Kier alpha value is -3.26. The molecule has 1 atom stereocenters. The van der Waals surface area contributed by atoms with Gasteiger partial charge in [-0.25, -0.2) is 14.0 Å². The van der Waals surface area contributed by atoms with Crippen LogP contribution in [-0.4, -0.2) is 58.8 Å². The lowest BCUT2D eigenvalue weighted by atomic mass is 10.2. The third-order valence-electron chi connectivity index (χ3n) is 5.80. The molecule has 0 bridgehead atoms. The second kappa shape index (κ2) is 9.26. The van der Waals surface area contributed by atoms with Crippen LogP contribution in [0.15, 0.2) is 59.7 Å². The Morgan fingerprint density at radius 2 is 1.45 bits per heavy atom. The van der Waals surface area contributed by atoms with Crippen molar-refractivity contribution in [1.29, 1.82) is 0 Å². The van der Waals surface area contributed by atoms with Crippen molar-refractivity contribution in [2.24, 2.45) is 0 Å². The Kier molecular flexibility index (Phi) is 6.27. The SMILES string of the molecule is CCC(O)Cn1ncn(-c2ccc(N3CCN(c4ccc(OC)cc4)CC3)cc2)c1=O. The van der Waals surface area contributed by atoms with E-state index in [-0.39, 0.29) is 12.2 Å².